The Labute approximate surface area is 242 Å². The number of rotatable bonds is 8. The molecule has 2 heterocycles. The van der Waals surface area contributed by atoms with Crippen molar-refractivity contribution >= 4 is 23.2 Å². The fraction of sp³-hybridized carbons (Fsp3) is 0.424. The Bertz CT molecular complexity index is 1270. The van der Waals surface area contributed by atoms with Crippen molar-refractivity contribution in [1.29, 1.82) is 0 Å². The maximum atomic E-state index is 12.9. The predicted molar refractivity (Wildman–Crippen MR) is 160 cm³/mol. The van der Waals surface area contributed by atoms with E-state index in [0.717, 1.165) is 41.5 Å². The van der Waals surface area contributed by atoms with Gasteiger partial charge in [0.2, 0.25) is 0 Å². The quantitative estimate of drug-likeness (QED) is 0.310. The van der Waals surface area contributed by atoms with Crippen LogP contribution in [0.3, 0.4) is 0 Å². The second-order valence-corrected chi connectivity index (χ2v) is 11.4. The summed E-state index contributed by atoms with van der Waals surface area (Å²) in [5, 5.41) is 0.811. The van der Waals surface area contributed by atoms with E-state index in [-0.39, 0.29) is 18.6 Å². The van der Waals surface area contributed by atoms with Gasteiger partial charge in [-0.25, -0.2) is 0 Å². The molecule has 0 radical (unpaired) electrons. The maximum absolute atomic E-state index is 12.9. The number of piperazine rings is 1. The Morgan fingerprint density at radius 3 is 2.38 bits per heavy atom. The zero-order chi connectivity index (χ0) is 28.1. The molecule has 0 bridgehead atoms. The fourth-order valence-corrected chi connectivity index (χ4v) is 6.22. The van der Waals surface area contributed by atoms with Crippen LogP contribution in [0.15, 0.2) is 72.8 Å². The summed E-state index contributed by atoms with van der Waals surface area (Å²) in [6, 6.07) is 24.1. The normalized spacial score (nSPS) is 21.4. The summed E-state index contributed by atoms with van der Waals surface area (Å²) >= 11 is 6.50. The summed E-state index contributed by atoms with van der Waals surface area (Å²) in [6.07, 6.45) is 1.05. The van der Waals surface area contributed by atoms with E-state index < -0.39 is 0 Å². The first-order chi connectivity index (χ1) is 19.4. The van der Waals surface area contributed by atoms with Crippen molar-refractivity contribution in [2.45, 2.75) is 32.3 Å². The van der Waals surface area contributed by atoms with E-state index in [1.54, 1.807) is 7.11 Å². The summed E-state index contributed by atoms with van der Waals surface area (Å²) in [5.74, 6) is 2.68. The minimum absolute atomic E-state index is 0.00449. The number of carbonyl (C=O) groups excluding carboxylic acids is 1. The van der Waals surface area contributed by atoms with E-state index in [1.807, 2.05) is 53.4 Å². The van der Waals surface area contributed by atoms with E-state index in [9.17, 15) is 4.79 Å². The maximum Gasteiger partial charge on any atom is 0.260 e. The third kappa shape index (κ3) is 6.39. The van der Waals surface area contributed by atoms with Crippen molar-refractivity contribution in [2.24, 2.45) is 11.8 Å². The second kappa shape index (κ2) is 13.0. The lowest BCUT2D eigenvalue weighted by Crippen LogP contribution is -2.50. The first-order valence-electron chi connectivity index (χ1n) is 14.2. The molecule has 2 aliphatic rings. The Kier molecular flexibility index (Phi) is 9.18. The number of ether oxygens (including phenoxy) is 3. The lowest BCUT2D eigenvalue weighted by Gasteiger charge is -2.39. The fourth-order valence-electron chi connectivity index (χ4n) is 5.93. The van der Waals surface area contributed by atoms with Gasteiger partial charge in [-0.3, -0.25) is 4.79 Å². The molecule has 1 amide bonds. The standard InChI is InChI=1S/C33H39ClN2O4/c1-23(2)28-20-25(27-8-4-5-9-29(27)34)21-40-33(28)24-12-14-26(15-13-24)39-22-32(37)36-18-16-35(17-19-36)30-10-6-7-11-31(30)38-3/h4-15,23,25,28,33H,16-22H2,1-3H3/t25-,28-,33-/m0/s1. The SMILES string of the molecule is COc1ccccc1N1CCN(C(=O)COc2ccc([C@@H]3OC[C@@H](c4ccccc4Cl)C[C@H]3C(C)C)cc2)CC1. The van der Waals surface area contributed by atoms with Crippen molar-refractivity contribution < 1.29 is 19.0 Å². The van der Waals surface area contributed by atoms with Gasteiger partial charge >= 0.3 is 0 Å². The lowest BCUT2D eigenvalue weighted by atomic mass is 9.76. The predicted octanol–water partition coefficient (Wildman–Crippen LogP) is 6.59. The molecule has 2 fully saturated rings. The number of hydrogen-bond acceptors (Lipinski definition) is 5. The number of amides is 1. The van der Waals surface area contributed by atoms with Crippen LogP contribution in [0.4, 0.5) is 5.69 Å². The average Bonchev–Trinajstić information content (AvgIpc) is 3.00. The third-order valence-electron chi connectivity index (χ3n) is 8.25. The highest BCUT2D eigenvalue weighted by Gasteiger charge is 2.35. The van der Waals surface area contributed by atoms with Crippen LogP contribution in [0.25, 0.3) is 0 Å². The van der Waals surface area contributed by atoms with Crippen LogP contribution in [-0.4, -0.2) is 57.3 Å². The lowest BCUT2D eigenvalue weighted by molar-refractivity contribution is -0.133. The number of para-hydroxylation sites is 2. The van der Waals surface area contributed by atoms with Crippen LogP contribution < -0.4 is 14.4 Å². The van der Waals surface area contributed by atoms with Gasteiger partial charge in [0.1, 0.15) is 11.5 Å². The van der Waals surface area contributed by atoms with E-state index >= 15 is 0 Å². The summed E-state index contributed by atoms with van der Waals surface area (Å²) in [4.78, 5) is 17.0. The number of anilines is 1. The summed E-state index contributed by atoms with van der Waals surface area (Å²) in [6.45, 7) is 8.03. The van der Waals surface area contributed by atoms with Gasteiger partial charge in [0, 0.05) is 37.1 Å². The van der Waals surface area contributed by atoms with Gasteiger partial charge in [-0.2, -0.15) is 0 Å². The van der Waals surface area contributed by atoms with Crippen LogP contribution >= 0.6 is 11.6 Å². The molecule has 0 aromatic heterocycles. The molecule has 3 aromatic rings. The molecule has 0 spiro atoms. The van der Waals surface area contributed by atoms with Crippen LogP contribution in [-0.2, 0) is 9.53 Å². The Balaban J connectivity index is 1.14. The van der Waals surface area contributed by atoms with Crippen molar-refractivity contribution in [3.63, 3.8) is 0 Å². The molecular formula is C33H39ClN2O4. The Hall–Kier alpha value is -3.22. The average molecular weight is 563 g/mol. The molecular weight excluding hydrogens is 524 g/mol. The number of hydrogen-bond donors (Lipinski definition) is 0. The van der Waals surface area contributed by atoms with Gasteiger partial charge in [0.05, 0.1) is 25.5 Å². The molecule has 0 unspecified atom stereocenters. The molecule has 2 aliphatic heterocycles. The third-order valence-corrected chi connectivity index (χ3v) is 8.60. The minimum Gasteiger partial charge on any atom is -0.495 e. The Morgan fingerprint density at radius 2 is 1.68 bits per heavy atom. The zero-order valence-corrected chi connectivity index (χ0v) is 24.3. The van der Waals surface area contributed by atoms with Crippen LogP contribution in [0.1, 0.15) is 43.4 Å². The molecule has 212 valence electrons. The number of nitrogens with zero attached hydrogens (tertiary/aromatic N) is 2. The number of halogens is 1. The smallest absolute Gasteiger partial charge is 0.260 e. The van der Waals surface area contributed by atoms with Crippen LogP contribution in [0.2, 0.25) is 5.02 Å². The largest absolute Gasteiger partial charge is 0.495 e. The van der Waals surface area contributed by atoms with Crippen LogP contribution in [0, 0.1) is 11.8 Å². The molecule has 0 N–H and O–H groups in total. The van der Waals surface area contributed by atoms with Crippen molar-refractivity contribution in [3.8, 4) is 11.5 Å². The molecule has 0 aliphatic carbocycles. The van der Waals surface area contributed by atoms with Crippen molar-refractivity contribution in [2.75, 3.05) is 51.4 Å². The molecule has 5 rings (SSSR count). The topological polar surface area (TPSA) is 51.2 Å². The van der Waals surface area contributed by atoms with E-state index in [1.165, 1.54) is 5.56 Å². The summed E-state index contributed by atoms with van der Waals surface area (Å²) in [5.41, 5.74) is 3.37. The second-order valence-electron chi connectivity index (χ2n) is 11.0. The number of benzene rings is 3. The van der Waals surface area contributed by atoms with Gasteiger partial charge < -0.3 is 24.0 Å². The van der Waals surface area contributed by atoms with Gasteiger partial charge in [-0.15, -0.1) is 0 Å². The van der Waals surface area contributed by atoms with Crippen molar-refractivity contribution in [3.05, 3.63) is 88.9 Å². The highest BCUT2D eigenvalue weighted by Crippen LogP contribution is 2.44. The number of methoxy groups -OCH3 is 1. The molecule has 3 atom stereocenters. The molecule has 0 saturated carbocycles. The van der Waals surface area contributed by atoms with Gasteiger partial charge in [-0.1, -0.05) is 67.9 Å². The summed E-state index contributed by atoms with van der Waals surface area (Å²) in [7, 11) is 1.69. The Morgan fingerprint density at radius 1 is 0.975 bits per heavy atom. The van der Waals surface area contributed by atoms with E-state index in [2.05, 4.69) is 43.0 Å². The van der Waals surface area contributed by atoms with Gasteiger partial charge in [-0.05, 0) is 59.7 Å². The van der Waals surface area contributed by atoms with E-state index in [4.69, 9.17) is 25.8 Å². The molecule has 3 aromatic carbocycles. The van der Waals surface area contributed by atoms with Crippen molar-refractivity contribution in [1.82, 2.24) is 4.90 Å². The van der Waals surface area contributed by atoms with Gasteiger partial charge in [0.25, 0.3) is 5.91 Å². The zero-order valence-electron chi connectivity index (χ0n) is 23.6. The first kappa shape index (κ1) is 28.3. The van der Waals surface area contributed by atoms with Crippen LogP contribution in [0.5, 0.6) is 11.5 Å². The van der Waals surface area contributed by atoms with E-state index in [0.29, 0.717) is 43.2 Å². The first-order valence-corrected chi connectivity index (χ1v) is 14.6. The highest BCUT2D eigenvalue weighted by molar-refractivity contribution is 6.31. The minimum atomic E-state index is 0.00449. The summed E-state index contributed by atoms with van der Waals surface area (Å²) < 4.78 is 17.9. The molecule has 7 heteroatoms. The molecule has 2 saturated heterocycles. The van der Waals surface area contributed by atoms with Gasteiger partial charge in [0.15, 0.2) is 6.61 Å². The highest BCUT2D eigenvalue weighted by atomic mass is 35.5. The number of carbonyl (C=O) groups is 1. The molecule has 40 heavy (non-hydrogen) atoms. The molecule has 6 nitrogen and oxygen atoms in total. The monoisotopic (exact) mass is 562 g/mol.